The third-order valence-corrected chi connectivity index (χ3v) is 3.63. The average Bonchev–Trinajstić information content (AvgIpc) is 2.46. The van der Waals surface area contributed by atoms with Crippen LogP contribution in [-0.2, 0) is 9.59 Å². The van der Waals surface area contributed by atoms with Gasteiger partial charge >= 0.3 is 5.97 Å². The van der Waals surface area contributed by atoms with Gasteiger partial charge in [-0.15, -0.1) is 0 Å². The SMILES string of the molecule is CC1(C(=O)O)CCCN(C(=O)C=Cc2cccnc2)C1. The van der Waals surface area contributed by atoms with Gasteiger partial charge in [-0.1, -0.05) is 6.07 Å². The predicted molar refractivity (Wildman–Crippen MR) is 74.8 cm³/mol. The highest BCUT2D eigenvalue weighted by Gasteiger charge is 2.38. The van der Waals surface area contributed by atoms with E-state index in [1.54, 1.807) is 36.4 Å². The van der Waals surface area contributed by atoms with E-state index in [-0.39, 0.29) is 12.5 Å². The molecule has 1 fully saturated rings. The van der Waals surface area contributed by atoms with Gasteiger partial charge in [0.1, 0.15) is 0 Å². The van der Waals surface area contributed by atoms with E-state index < -0.39 is 11.4 Å². The summed E-state index contributed by atoms with van der Waals surface area (Å²) < 4.78 is 0. The van der Waals surface area contributed by atoms with Gasteiger partial charge in [0.05, 0.1) is 5.41 Å². The molecule has 1 aromatic heterocycles. The largest absolute Gasteiger partial charge is 0.481 e. The molecule has 1 aromatic rings. The maximum Gasteiger partial charge on any atom is 0.311 e. The van der Waals surface area contributed by atoms with Gasteiger partial charge in [-0.2, -0.15) is 0 Å². The number of aliphatic carboxylic acids is 1. The number of carboxylic acid groups (broad SMARTS) is 1. The Balaban J connectivity index is 2.03. The number of nitrogens with zero attached hydrogens (tertiary/aromatic N) is 2. The van der Waals surface area contributed by atoms with Crippen molar-refractivity contribution in [2.24, 2.45) is 5.41 Å². The average molecular weight is 274 g/mol. The molecule has 2 heterocycles. The minimum Gasteiger partial charge on any atom is -0.481 e. The molecule has 106 valence electrons. The van der Waals surface area contributed by atoms with Gasteiger partial charge in [0.25, 0.3) is 0 Å². The first kappa shape index (κ1) is 14.2. The second-order valence-electron chi connectivity index (χ2n) is 5.35. The van der Waals surface area contributed by atoms with E-state index >= 15 is 0 Å². The van der Waals surface area contributed by atoms with Crippen molar-refractivity contribution in [2.45, 2.75) is 19.8 Å². The number of amides is 1. The van der Waals surface area contributed by atoms with Crippen molar-refractivity contribution in [3.63, 3.8) is 0 Å². The number of likely N-dealkylation sites (tertiary alicyclic amines) is 1. The van der Waals surface area contributed by atoms with Gasteiger partial charge in [0, 0.05) is 31.6 Å². The molecule has 2 rings (SSSR count). The Kier molecular flexibility index (Phi) is 4.17. The van der Waals surface area contributed by atoms with Crippen molar-refractivity contribution < 1.29 is 14.7 Å². The van der Waals surface area contributed by atoms with Crippen molar-refractivity contribution in [2.75, 3.05) is 13.1 Å². The fourth-order valence-corrected chi connectivity index (χ4v) is 2.35. The van der Waals surface area contributed by atoms with Crippen LogP contribution in [-0.4, -0.2) is 40.0 Å². The van der Waals surface area contributed by atoms with E-state index in [9.17, 15) is 14.7 Å². The summed E-state index contributed by atoms with van der Waals surface area (Å²) in [5.41, 5.74) is 0.00891. The van der Waals surface area contributed by atoms with E-state index in [4.69, 9.17) is 0 Å². The molecule has 0 radical (unpaired) electrons. The smallest absolute Gasteiger partial charge is 0.311 e. The van der Waals surface area contributed by atoms with Crippen LogP contribution in [0.3, 0.4) is 0 Å². The third-order valence-electron chi connectivity index (χ3n) is 3.63. The van der Waals surface area contributed by atoms with Crippen LogP contribution >= 0.6 is 0 Å². The Morgan fingerprint density at radius 1 is 1.50 bits per heavy atom. The molecule has 0 bridgehead atoms. The maximum atomic E-state index is 12.1. The zero-order chi connectivity index (χ0) is 14.6. The van der Waals surface area contributed by atoms with Crippen LogP contribution in [0.4, 0.5) is 0 Å². The third kappa shape index (κ3) is 3.23. The summed E-state index contributed by atoms with van der Waals surface area (Å²) >= 11 is 0. The summed E-state index contributed by atoms with van der Waals surface area (Å²) in [6.45, 7) is 2.57. The Hall–Kier alpha value is -2.17. The molecule has 5 heteroatoms. The second kappa shape index (κ2) is 5.86. The topological polar surface area (TPSA) is 70.5 Å². The molecular formula is C15H18N2O3. The highest BCUT2D eigenvalue weighted by atomic mass is 16.4. The number of piperidine rings is 1. The summed E-state index contributed by atoms with van der Waals surface area (Å²) in [7, 11) is 0. The monoisotopic (exact) mass is 274 g/mol. The number of carbonyl (C=O) groups excluding carboxylic acids is 1. The quantitative estimate of drug-likeness (QED) is 0.853. The van der Waals surface area contributed by atoms with E-state index in [0.717, 1.165) is 12.0 Å². The minimum atomic E-state index is -0.841. The first-order valence-electron chi connectivity index (χ1n) is 6.62. The van der Waals surface area contributed by atoms with E-state index in [0.29, 0.717) is 13.0 Å². The zero-order valence-electron chi connectivity index (χ0n) is 11.5. The van der Waals surface area contributed by atoms with E-state index in [2.05, 4.69) is 4.98 Å². The van der Waals surface area contributed by atoms with Gasteiger partial charge in [0.2, 0.25) is 5.91 Å². The Morgan fingerprint density at radius 3 is 2.95 bits per heavy atom. The number of rotatable bonds is 3. The van der Waals surface area contributed by atoms with Gasteiger partial charge in [-0.3, -0.25) is 14.6 Å². The van der Waals surface area contributed by atoms with E-state index in [1.165, 1.54) is 6.08 Å². The second-order valence-corrected chi connectivity index (χ2v) is 5.35. The fraction of sp³-hybridized carbons (Fsp3) is 0.400. The molecule has 0 saturated carbocycles. The first-order chi connectivity index (χ1) is 9.51. The molecule has 20 heavy (non-hydrogen) atoms. The molecule has 1 aliphatic rings. The molecule has 0 aliphatic carbocycles. The molecule has 0 aromatic carbocycles. The molecule has 5 nitrogen and oxygen atoms in total. The molecule has 1 atom stereocenters. The number of hydrogen-bond acceptors (Lipinski definition) is 3. The number of carbonyl (C=O) groups is 2. The zero-order valence-corrected chi connectivity index (χ0v) is 11.5. The first-order valence-corrected chi connectivity index (χ1v) is 6.62. The molecule has 0 spiro atoms. The van der Waals surface area contributed by atoms with Crippen molar-refractivity contribution in [1.82, 2.24) is 9.88 Å². The van der Waals surface area contributed by atoms with Crippen LogP contribution < -0.4 is 0 Å². The fourth-order valence-electron chi connectivity index (χ4n) is 2.35. The summed E-state index contributed by atoms with van der Waals surface area (Å²) in [4.78, 5) is 28.9. The summed E-state index contributed by atoms with van der Waals surface area (Å²) in [6, 6.07) is 3.65. The lowest BCUT2D eigenvalue weighted by atomic mass is 9.82. The van der Waals surface area contributed by atoms with Crippen LogP contribution in [0.25, 0.3) is 6.08 Å². The molecule has 1 aliphatic heterocycles. The molecular weight excluding hydrogens is 256 g/mol. The molecule has 1 saturated heterocycles. The predicted octanol–water partition coefficient (Wildman–Crippen LogP) is 1.81. The highest BCUT2D eigenvalue weighted by molar-refractivity contribution is 5.92. The summed E-state index contributed by atoms with van der Waals surface area (Å²) in [5, 5.41) is 9.24. The normalized spacial score (nSPS) is 22.9. The van der Waals surface area contributed by atoms with Crippen LogP contribution in [0.5, 0.6) is 0 Å². The number of pyridine rings is 1. The van der Waals surface area contributed by atoms with Gasteiger partial charge in [0.15, 0.2) is 0 Å². The minimum absolute atomic E-state index is 0.152. The Bertz CT molecular complexity index is 527. The summed E-state index contributed by atoms with van der Waals surface area (Å²) in [6.07, 6.45) is 7.84. The lowest BCUT2D eigenvalue weighted by Crippen LogP contribution is -2.47. The molecule has 1 N–H and O–H groups in total. The lowest BCUT2D eigenvalue weighted by Gasteiger charge is -2.37. The number of aromatic nitrogens is 1. The van der Waals surface area contributed by atoms with Gasteiger partial charge < -0.3 is 10.0 Å². The highest BCUT2D eigenvalue weighted by Crippen LogP contribution is 2.29. The van der Waals surface area contributed by atoms with Crippen LogP contribution in [0, 0.1) is 5.41 Å². The standard InChI is InChI=1S/C15H18N2O3/c1-15(14(19)20)7-3-9-17(11-15)13(18)6-5-12-4-2-8-16-10-12/h2,4-6,8,10H,3,7,9,11H2,1H3,(H,19,20). The van der Waals surface area contributed by atoms with Crippen molar-refractivity contribution >= 4 is 18.0 Å². The Morgan fingerprint density at radius 2 is 2.30 bits per heavy atom. The van der Waals surface area contributed by atoms with Crippen molar-refractivity contribution in [1.29, 1.82) is 0 Å². The van der Waals surface area contributed by atoms with E-state index in [1.807, 2.05) is 6.07 Å². The van der Waals surface area contributed by atoms with Gasteiger partial charge in [-0.25, -0.2) is 0 Å². The molecule has 1 amide bonds. The molecule has 1 unspecified atom stereocenters. The summed E-state index contributed by atoms with van der Waals surface area (Å²) in [5.74, 6) is -0.993. The van der Waals surface area contributed by atoms with Crippen LogP contribution in [0.15, 0.2) is 30.6 Å². The number of hydrogen-bond donors (Lipinski definition) is 1. The van der Waals surface area contributed by atoms with Gasteiger partial charge in [-0.05, 0) is 37.5 Å². The number of carboxylic acids is 1. The lowest BCUT2D eigenvalue weighted by molar-refractivity contribution is -0.152. The van der Waals surface area contributed by atoms with Crippen molar-refractivity contribution in [3.05, 3.63) is 36.2 Å². The van der Waals surface area contributed by atoms with Crippen LogP contribution in [0.1, 0.15) is 25.3 Å². The van der Waals surface area contributed by atoms with Crippen molar-refractivity contribution in [3.8, 4) is 0 Å². The Labute approximate surface area is 117 Å². The van der Waals surface area contributed by atoms with Crippen LogP contribution in [0.2, 0.25) is 0 Å². The maximum absolute atomic E-state index is 12.1.